The topological polar surface area (TPSA) is 52.6 Å². The highest BCUT2D eigenvalue weighted by atomic mass is 35.5. The molecule has 0 aliphatic rings. The lowest BCUT2D eigenvalue weighted by molar-refractivity contribution is -0.155. The lowest BCUT2D eigenvalue weighted by atomic mass is 10.2. The van der Waals surface area contributed by atoms with Crippen LogP contribution in [0.4, 0.5) is 0 Å². The number of hydrogen-bond donors (Lipinski definition) is 0. The van der Waals surface area contributed by atoms with Gasteiger partial charge in [-0.05, 0) is 25.1 Å². The molecule has 4 nitrogen and oxygen atoms in total. The second-order valence-electron chi connectivity index (χ2n) is 3.38. The summed E-state index contributed by atoms with van der Waals surface area (Å²) in [6.45, 7) is 1.48. The van der Waals surface area contributed by atoms with E-state index in [1.807, 2.05) is 0 Å². The van der Waals surface area contributed by atoms with E-state index < -0.39 is 18.5 Å². The quantitative estimate of drug-likeness (QED) is 0.619. The summed E-state index contributed by atoms with van der Waals surface area (Å²) in [5.41, 5.74) is 0.513. The third-order valence-corrected chi connectivity index (χ3v) is 2.68. The van der Waals surface area contributed by atoms with Crippen LogP contribution in [-0.4, -0.2) is 25.2 Å². The maximum absolute atomic E-state index is 11.3. The van der Waals surface area contributed by atoms with E-state index in [0.29, 0.717) is 15.6 Å². The summed E-state index contributed by atoms with van der Waals surface area (Å²) < 4.78 is 9.28. The first-order valence-electron chi connectivity index (χ1n) is 5.49. The zero-order valence-electron chi connectivity index (χ0n) is 10.2. The van der Waals surface area contributed by atoms with Gasteiger partial charge in [-0.1, -0.05) is 29.3 Å². The second-order valence-corrected chi connectivity index (χ2v) is 4.20. The van der Waals surface area contributed by atoms with Crippen LogP contribution in [0.2, 0.25) is 10.0 Å². The van der Waals surface area contributed by atoms with Crippen molar-refractivity contribution in [3.63, 3.8) is 0 Å². The molecule has 0 aromatic heterocycles. The van der Waals surface area contributed by atoms with Gasteiger partial charge in [-0.15, -0.1) is 0 Å². The molecule has 0 saturated heterocycles. The van der Waals surface area contributed by atoms with Crippen molar-refractivity contribution in [3.8, 4) is 0 Å². The van der Waals surface area contributed by atoms with E-state index in [9.17, 15) is 9.59 Å². The smallest absolute Gasteiger partial charge is 0.344 e. The molecule has 0 saturated carbocycles. The van der Waals surface area contributed by atoms with Crippen molar-refractivity contribution in [2.24, 2.45) is 0 Å². The molecule has 0 bridgehead atoms. The molecule has 0 heterocycles. The molecule has 102 valence electrons. The predicted molar refractivity (Wildman–Crippen MR) is 73.1 cm³/mol. The Morgan fingerprint density at radius 2 is 1.84 bits per heavy atom. The molecule has 0 spiro atoms. The molecule has 0 fully saturated rings. The molecule has 0 N–H and O–H groups in total. The number of esters is 2. The Morgan fingerprint density at radius 1 is 1.21 bits per heavy atom. The van der Waals surface area contributed by atoms with E-state index in [-0.39, 0.29) is 6.61 Å². The molecule has 1 rings (SSSR count). The van der Waals surface area contributed by atoms with Gasteiger partial charge in [0.25, 0.3) is 0 Å². The van der Waals surface area contributed by atoms with Gasteiger partial charge in [0.2, 0.25) is 0 Å². The van der Waals surface area contributed by atoms with Gasteiger partial charge in [0.1, 0.15) is 0 Å². The van der Waals surface area contributed by atoms with Crippen molar-refractivity contribution in [2.75, 3.05) is 13.2 Å². The number of halogens is 2. The molecule has 1 aromatic rings. The summed E-state index contributed by atoms with van der Waals surface area (Å²) in [4.78, 5) is 22.3. The molecule has 0 aliphatic heterocycles. The Kier molecular flexibility index (Phi) is 6.39. The monoisotopic (exact) mass is 302 g/mol. The van der Waals surface area contributed by atoms with Gasteiger partial charge in [0.15, 0.2) is 6.61 Å². The maximum Gasteiger partial charge on any atom is 0.344 e. The SMILES string of the molecule is CCOC(=O)COC(=O)/C=C/c1c(Cl)cccc1Cl. The summed E-state index contributed by atoms with van der Waals surface area (Å²) in [7, 11) is 0. The first-order valence-corrected chi connectivity index (χ1v) is 6.24. The highest BCUT2D eigenvalue weighted by Crippen LogP contribution is 2.25. The average molecular weight is 303 g/mol. The van der Waals surface area contributed by atoms with E-state index in [4.69, 9.17) is 23.2 Å². The van der Waals surface area contributed by atoms with Crippen molar-refractivity contribution < 1.29 is 19.1 Å². The molecule has 0 radical (unpaired) electrons. The highest BCUT2D eigenvalue weighted by molar-refractivity contribution is 6.37. The van der Waals surface area contributed by atoms with Crippen LogP contribution in [-0.2, 0) is 19.1 Å². The minimum absolute atomic E-state index is 0.238. The fraction of sp³-hybridized carbons (Fsp3) is 0.231. The van der Waals surface area contributed by atoms with Gasteiger partial charge in [-0.2, -0.15) is 0 Å². The van der Waals surface area contributed by atoms with Crippen LogP contribution in [0.1, 0.15) is 12.5 Å². The van der Waals surface area contributed by atoms with Crippen molar-refractivity contribution in [1.29, 1.82) is 0 Å². The first kappa shape index (κ1) is 15.5. The Morgan fingerprint density at radius 3 is 2.42 bits per heavy atom. The fourth-order valence-corrected chi connectivity index (χ4v) is 1.73. The molecule has 19 heavy (non-hydrogen) atoms. The Labute approximate surface area is 120 Å². The molecule has 1 aromatic carbocycles. The third-order valence-electron chi connectivity index (χ3n) is 2.02. The van der Waals surface area contributed by atoms with Crippen molar-refractivity contribution in [3.05, 3.63) is 39.9 Å². The van der Waals surface area contributed by atoms with E-state index >= 15 is 0 Å². The van der Waals surface area contributed by atoms with Crippen LogP contribution in [0.5, 0.6) is 0 Å². The lowest BCUT2D eigenvalue weighted by Crippen LogP contribution is -2.15. The van der Waals surface area contributed by atoms with E-state index in [2.05, 4.69) is 9.47 Å². The standard InChI is InChI=1S/C13H12Cl2O4/c1-2-18-13(17)8-19-12(16)7-6-9-10(14)4-3-5-11(9)15/h3-7H,2,8H2,1H3/b7-6+. The number of ether oxygens (including phenoxy) is 2. The Bertz CT molecular complexity index is 477. The van der Waals surface area contributed by atoms with Gasteiger partial charge in [0.05, 0.1) is 6.61 Å². The van der Waals surface area contributed by atoms with Crippen LogP contribution < -0.4 is 0 Å². The molecular weight excluding hydrogens is 291 g/mol. The van der Waals surface area contributed by atoms with Crippen molar-refractivity contribution >= 4 is 41.2 Å². The van der Waals surface area contributed by atoms with Crippen molar-refractivity contribution in [2.45, 2.75) is 6.92 Å². The average Bonchev–Trinajstić information content (AvgIpc) is 2.36. The zero-order chi connectivity index (χ0) is 14.3. The summed E-state index contributed by atoms with van der Waals surface area (Å²) in [6.07, 6.45) is 2.57. The fourth-order valence-electron chi connectivity index (χ4n) is 1.20. The minimum Gasteiger partial charge on any atom is -0.463 e. The Hall–Kier alpha value is -1.52. The summed E-state index contributed by atoms with van der Waals surface area (Å²) in [6, 6.07) is 5.00. The van der Waals surface area contributed by atoms with E-state index in [1.165, 1.54) is 6.08 Å². The molecule has 0 atom stereocenters. The number of carbonyl (C=O) groups is 2. The normalized spacial score (nSPS) is 10.5. The largest absolute Gasteiger partial charge is 0.463 e. The van der Waals surface area contributed by atoms with Gasteiger partial charge in [-0.25, -0.2) is 9.59 Å². The van der Waals surface area contributed by atoms with Gasteiger partial charge >= 0.3 is 11.9 Å². The van der Waals surface area contributed by atoms with Gasteiger partial charge < -0.3 is 9.47 Å². The molecule has 0 unspecified atom stereocenters. The maximum atomic E-state index is 11.3. The van der Waals surface area contributed by atoms with Crippen LogP contribution in [0.25, 0.3) is 6.08 Å². The van der Waals surface area contributed by atoms with Crippen LogP contribution in [0.15, 0.2) is 24.3 Å². The minimum atomic E-state index is -0.677. The molecule has 0 aliphatic carbocycles. The third kappa shape index (κ3) is 5.32. The first-order chi connectivity index (χ1) is 9.04. The number of benzene rings is 1. The summed E-state index contributed by atoms with van der Waals surface area (Å²) >= 11 is 11.8. The van der Waals surface area contributed by atoms with Crippen LogP contribution in [0.3, 0.4) is 0 Å². The van der Waals surface area contributed by atoms with Gasteiger partial charge in [-0.3, -0.25) is 0 Å². The molecular formula is C13H12Cl2O4. The summed E-state index contributed by atoms with van der Waals surface area (Å²) in [5, 5.41) is 0.837. The van der Waals surface area contributed by atoms with Crippen molar-refractivity contribution in [1.82, 2.24) is 0 Å². The van der Waals surface area contributed by atoms with E-state index in [0.717, 1.165) is 6.08 Å². The predicted octanol–water partition coefficient (Wildman–Crippen LogP) is 3.11. The molecule has 0 amide bonds. The highest BCUT2D eigenvalue weighted by Gasteiger charge is 2.06. The lowest BCUT2D eigenvalue weighted by Gasteiger charge is -2.02. The number of hydrogen-bond acceptors (Lipinski definition) is 4. The summed E-state index contributed by atoms with van der Waals surface area (Å²) in [5.74, 6) is -1.27. The zero-order valence-corrected chi connectivity index (χ0v) is 11.7. The van der Waals surface area contributed by atoms with Crippen LogP contribution >= 0.6 is 23.2 Å². The number of carbonyl (C=O) groups excluding carboxylic acids is 2. The number of rotatable bonds is 5. The van der Waals surface area contributed by atoms with Gasteiger partial charge in [0, 0.05) is 21.7 Å². The Balaban J connectivity index is 2.57. The van der Waals surface area contributed by atoms with Crippen LogP contribution in [0, 0.1) is 0 Å². The molecule has 6 heteroatoms. The second kappa shape index (κ2) is 7.81. The van der Waals surface area contributed by atoms with E-state index in [1.54, 1.807) is 25.1 Å².